The molecule has 0 radical (unpaired) electrons. The van der Waals surface area contributed by atoms with E-state index >= 15 is 0 Å². The molecule has 2 heterocycles. The van der Waals surface area contributed by atoms with Crippen LogP contribution in [0.1, 0.15) is 45.1 Å². The van der Waals surface area contributed by atoms with E-state index in [1.807, 2.05) is 16.0 Å². The first kappa shape index (κ1) is 13.1. The first-order valence-electron chi connectivity index (χ1n) is 6.94. The molecule has 0 aromatic carbocycles. The number of rotatable bonds is 2. The minimum Gasteiger partial charge on any atom is -0.331 e. The van der Waals surface area contributed by atoms with Gasteiger partial charge < -0.3 is 4.98 Å². The molecule has 0 aliphatic heterocycles. The number of nitrogens with zero attached hydrogens (tertiary/aromatic N) is 1. The van der Waals surface area contributed by atoms with Crippen molar-refractivity contribution in [1.29, 1.82) is 0 Å². The lowest BCUT2D eigenvalue weighted by Crippen LogP contribution is -2.32. The molecule has 2 atom stereocenters. The first-order valence-corrected chi connectivity index (χ1v) is 8.23. The highest BCUT2D eigenvalue weighted by Crippen LogP contribution is 2.35. The maximum Gasteiger partial charge on any atom is 0.272 e. The Bertz CT molecular complexity index is 697. The number of H-pyrrole nitrogens is 1. The van der Waals surface area contributed by atoms with Gasteiger partial charge in [-0.25, -0.2) is 0 Å². The van der Waals surface area contributed by atoms with E-state index in [-0.39, 0.29) is 11.6 Å². The predicted octanol–water partition coefficient (Wildman–Crippen LogP) is 4.26. The van der Waals surface area contributed by atoms with Crippen molar-refractivity contribution in [3.05, 3.63) is 26.6 Å². The van der Waals surface area contributed by atoms with Crippen LogP contribution in [-0.4, -0.2) is 9.55 Å². The van der Waals surface area contributed by atoms with Crippen molar-refractivity contribution in [3.8, 4) is 0 Å². The van der Waals surface area contributed by atoms with Crippen LogP contribution in [0.3, 0.4) is 0 Å². The summed E-state index contributed by atoms with van der Waals surface area (Å²) >= 11 is 6.93. The van der Waals surface area contributed by atoms with E-state index in [0.29, 0.717) is 10.7 Å². The van der Waals surface area contributed by atoms with Crippen molar-refractivity contribution >= 4 is 33.8 Å². The van der Waals surface area contributed by atoms with Crippen molar-refractivity contribution in [3.63, 3.8) is 0 Å². The predicted molar refractivity (Wildman–Crippen MR) is 82.6 cm³/mol. The van der Waals surface area contributed by atoms with Gasteiger partial charge in [0.25, 0.3) is 5.56 Å². The number of fused-ring (bicyclic) bond motifs is 1. The average Bonchev–Trinajstić information content (AvgIpc) is 2.87. The average molecular weight is 294 g/mol. The molecule has 19 heavy (non-hydrogen) atoms. The molecular weight excluding hydrogens is 276 g/mol. The van der Waals surface area contributed by atoms with Gasteiger partial charge in [-0.2, -0.15) is 0 Å². The molecule has 1 fully saturated rings. The summed E-state index contributed by atoms with van der Waals surface area (Å²) in [7, 11) is 0. The molecule has 2 unspecified atom stereocenters. The summed E-state index contributed by atoms with van der Waals surface area (Å²) in [5, 5.41) is 1.94. The van der Waals surface area contributed by atoms with Crippen LogP contribution in [0.2, 0.25) is 0 Å². The number of thiophene rings is 1. The van der Waals surface area contributed by atoms with Crippen molar-refractivity contribution in [2.45, 2.75) is 45.1 Å². The van der Waals surface area contributed by atoms with Gasteiger partial charge in [-0.05, 0) is 42.4 Å². The van der Waals surface area contributed by atoms with Gasteiger partial charge in [-0.1, -0.05) is 26.2 Å². The Kier molecular flexibility index (Phi) is 3.58. The number of hydrogen-bond donors (Lipinski definition) is 1. The molecule has 1 aliphatic carbocycles. The fourth-order valence-electron chi connectivity index (χ4n) is 3.26. The third kappa shape index (κ3) is 2.19. The van der Waals surface area contributed by atoms with Crippen molar-refractivity contribution < 1.29 is 0 Å². The largest absolute Gasteiger partial charge is 0.331 e. The van der Waals surface area contributed by atoms with E-state index < -0.39 is 0 Å². The van der Waals surface area contributed by atoms with Crippen LogP contribution in [0.15, 0.2) is 16.2 Å². The quantitative estimate of drug-likeness (QED) is 0.840. The highest BCUT2D eigenvalue weighted by Gasteiger charge is 2.27. The summed E-state index contributed by atoms with van der Waals surface area (Å²) in [6, 6.07) is 2.21. The van der Waals surface area contributed by atoms with E-state index in [1.54, 1.807) is 0 Å². The molecule has 0 bridgehead atoms. The van der Waals surface area contributed by atoms with Crippen LogP contribution in [0, 0.1) is 10.7 Å². The Balaban J connectivity index is 2.18. The molecule has 0 saturated heterocycles. The third-order valence-corrected chi connectivity index (χ3v) is 5.46. The SMILES string of the molecule is CCC1CCCCC1n1c(=S)[nH]c2ccsc2c1=O. The second kappa shape index (κ2) is 5.21. The monoisotopic (exact) mass is 294 g/mol. The molecule has 0 spiro atoms. The van der Waals surface area contributed by atoms with E-state index in [9.17, 15) is 4.79 Å². The van der Waals surface area contributed by atoms with E-state index in [2.05, 4.69) is 11.9 Å². The fraction of sp³-hybridized carbons (Fsp3) is 0.571. The summed E-state index contributed by atoms with van der Waals surface area (Å²) in [5.74, 6) is 0.582. The maximum atomic E-state index is 12.7. The highest BCUT2D eigenvalue weighted by atomic mass is 32.1. The number of nitrogens with one attached hydrogen (secondary N) is 1. The van der Waals surface area contributed by atoms with Crippen molar-refractivity contribution in [1.82, 2.24) is 9.55 Å². The maximum absolute atomic E-state index is 12.7. The molecule has 5 heteroatoms. The minimum atomic E-state index is 0.0964. The molecule has 1 aliphatic rings. The van der Waals surface area contributed by atoms with Gasteiger partial charge in [-0.15, -0.1) is 11.3 Å². The lowest BCUT2D eigenvalue weighted by atomic mass is 9.83. The van der Waals surface area contributed by atoms with Gasteiger partial charge in [0.2, 0.25) is 0 Å². The molecule has 1 saturated carbocycles. The van der Waals surface area contributed by atoms with Gasteiger partial charge in [0.15, 0.2) is 4.77 Å². The van der Waals surface area contributed by atoms with Gasteiger partial charge in [-0.3, -0.25) is 9.36 Å². The smallest absolute Gasteiger partial charge is 0.272 e. The first-order chi connectivity index (χ1) is 9.22. The van der Waals surface area contributed by atoms with E-state index in [0.717, 1.165) is 23.1 Å². The molecule has 102 valence electrons. The fourth-order valence-corrected chi connectivity index (χ4v) is 4.37. The Labute approximate surface area is 121 Å². The molecule has 3 rings (SSSR count). The minimum absolute atomic E-state index is 0.0964. The van der Waals surface area contributed by atoms with E-state index in [1.165, 1.54) is 30.6 Å². The Morgan fingerprint density at radius 3 is 3.05 bits per heavy atom. The van der Waals surface area contributed by atoms with Crippen molar-refractivity contribution in [2.75, 3.05) is 0 Å². The van der Waals surface area contributed by atoms with Crippen LogP contribution in [0.5, 0.6) is 0 Å². The summed E-state index contributed by atoms with van der Waals surface area (Å²) in [4.78, 5) is 15.9. The molecule has 3 nitrogen and oxygen atoms in total. The number of aromatic amines is 1. The summed E-state index contributed by atoms with van der Waals surface area (Å²) in [6.07, 6.45) is 5.89. The normalized spacial score (nSPS) is 23.8. The Morgan fingerprint density at radius 1 is 1.47 bits per heavy atom. The topological polar surface area (TPSA) is 37.8 Å². The summed E-state index contributed by atoms with van der Waals surface area (Å²) in [5.41, 5.74) is 0.971. The van der Waals surface area contributed by atoms with Crippen molar-refractivity contribution in [2.24, 2.45) is 5.92 Å². The zero-order chi connectivity index (χ0) is 13.4. The van der Waals surface area contributed by atoms with Crippen LogP contribution in [-0.2, 0) is 0 Å². The van der Waals surface area contributed by atoms with Gasteiger partial charge >= 0.3 is 0 Å². The van der Waals surface area contributed by atoms with Crippen LogP contribution < -0.4 is 5.56 Å². The molecule has 0 amide bonds. The zero-order valence-corrected chi connectivity index (χ0v) is 12.6. The Hall–Kier alpha value is -0.940. The lowest BCUT2D eigenvalue weighted by Gasteiger charge is -2.32. The zero-order valence-electron chi connectivity index (χ0n) is 11.0. The molecule has 2 aromatic heterocycles. The number of hydrogen-bond acceptors (Lipinski definition) is 3. The van der Waals surface area contributed by atoms with Gasteiger partial charge in [0.1, 0.15) is 4.70 Å². The summed E-state index contributed by atoms with van der Waals surface area (Å²) < 4.78 is 3.23. The van der Waals surface area contributed by atoms with Crippen LogP contribution in [0.4, 0.5) is 0 Å². The molecular formula is C14H18N2OS2. The number of aromatic nitrogens is 2. The standard InChI is InChI=1S/C14H18N2OS2/c1-2-9-5-3-4-6-11(9)16-13(17)12-10(7-8-19-12)15-14(16)18/h7-9,11H,2-6H2,1H3,(H,15,18). The highest BCUT2D eigenvalue weighted by molar-refractivity contribution is 7.71. The summed E-state index contributed by atoms with van der Waals surface area (Å²) in [6.45, 7) is 2.21. The second-order valence-electron chi connectivity index (χ2n) is 5.29. The van der Waals surface area contributed by atoms with Crippen LogP contribution in [0.25, 0.3) is 10.2 Å². The lowest BCUT2D eigenvalue weighted by molar-refractivity contribution is 0.226. The Morgan fingerprint density at radius 2 is 2.26 bits per heavy atom. The molecule has 1 N–H and O–H groups in total. The second-order valence-corrected chi connectivity index (χ2v) is 6.59. The van der Waals surface area contributed by atoms with Crippen LogP contribution >= 0.6 is 23.6 Å². The van der Waals surface area contributed by atoms with Gasteiger partial charge in [0, 0.05) is 6.04 Å². The van der Waals surface area contributed by atoms with Gasteiger partial charge in [0.05, 0.1) is 5.52 Å². The van der Waals surface area contributed by atoms with E-state index in [4.69, 9.17) is 12.2 Å². The molecule has 2 aromatic rings. The third-order valence-electron chi connectivity index (χ3n) is 4.26.